The Morgan fingerprint density at radius 3 is 2.50 bits per heavy atom. The standard InChI is InChI=1S/C13H20N2O3/c1-3-4-13(18)15(2)9-12(17)14-10-5-7-11(16)8-6-10/h10-11,16H,5-9H2,1-2H3,(H,14,17). The van der Waals surface area contributed by atoms with Crippen molar-refractivity contribution in [1.82, 2.24) is 10.2 Å². The molecule has 0 aliphatic heterocycles. The lowest BCUT2D eigenvalue weighted by atomic mass is 9.93. The summed E-state index contributed by atoms with van der Waals surface area (Å²) in [6.07, 6.45) is 2.79. The maximum Gasteiger partial charge on any atom is 0.298 e. The van der Waals surface area contributed by atoms with E-state index in [1.54, 1.807) is 14.0 Å². The van der Waals surface area contributed by atoms with Crippen molar-refractivity contribution in [3.63, 3.8) is 0 Å². The van der Waals surface area contributed by atoms with Gasteiger partial charge in [-0.2, -0.15) is 0 Å². The summed E-state index contributed by atoms with van der Waals surface area (Å²) in [4.78, 5) is 24.3. The number of amides is 2. The zero-order chi connectivity index (χ0) is 13.5. The van der Waals surface area contributed by atoms with E-state index in [2.05, 4.69) is 17.2 Å². The fourth-order valence-electron chi connectivity index (χ4n) is 1.98. The summed E-state index contributed by atoms with van der Waals surface area (Å²) in [6, 6.07) is 0.113. The molecule has 1 aliphatic carbocycles. The van der Waals surface area contributed by atoms with Crippen LogP contribution >= 0.6 is 0 Å². The van der Waals surface area contributed by atoms with E-state index >= 15 is 0 Å². The molecule has 2 amide bonds. The Kier molecular flexibility index (Phi) is 5.66. The van der Waals surface area contributed by atoms with Gasteiger partial charge in [-0.3, -0.25) is 9.59 Å². The monoisotopic (exact) mass is 252 g/mol. The lowest BCUT2D eigenvalue weighted by Gasteiger charge is -2.26. The van der Waals surface area contributed by atoms with Crippen LogP contribution in [0.15, 0.2) is 0 Å². The fraction of sp³-hybridized carbons (Fsp3) is 0.692. The van der Waals surface area contributed by atoms with Gasteiger partial charge in [-0.05, 0) is 38.5 Å². The Morgan fingerprint density at radius 1 is 1.33 bits per heavy atom. The Morgan fingerprint density at radius 2 is 1.94 bits per heavy atom. The van der Waals surface area contributed by atoms with E-state index in [1.807, 2.05) is 0 Å². The second kappa shape index (κ2) is 7.02. The lowest BCUT2D eigenvalue weighted by Crippen LogP contribution is -2.44. The molecule has 0 spiro atoms. The first kappa shape index (κ1) is 14.5. The first-order valence-electron chi connectivity index (χ1n) is 6.18. The number of hydrogen-bond acceptors (Lipinski definition) is 3. The topological polar surface area (TPSA) is 69.6 Å². The summed E-state index contributed by atoms with van der Waals surface area (Å²) in [5, 5.41) is 12.2. The third kappa shape index (κ3) is 4.76. The van der Waals surface area contributed by atoms with Crippen molar-refractivity contribution in [3.05, 3.63) is 0 Å². The zero-order valence-corrected chi connectivity index (χ0v) is 10.9. The molecule has 1 rings (SSSR count). The van der Waals surface area contributed by atoms with Gasteiger partial charge in [0.2, 0.25) is 5.91 Å². The number of carbonyl (C=O) groups is 2. The van der Waals surface area contributed by atoms with Crippen molar-refractivity contribution in [2.45, 2.75) is 44.8 Å². The number of carbonyl (C=O) groups excluding carboxylic acids is 2. The molecule has 100 valence electrons. The van der Waals surface area contributed by atoms with Gasteiger partial charge >= 0.3 is 0 Å². The number of nitrogens with zero attached hydrogens (tertiary/aromatic N) is 1. The first-order chi connectivity index (χ1) is 8.52. The average molecular weight is 252 g/mol. The SMILES string of the molecule is CC#CC(=O)N(C)CC(=O)NC1CCC(O)CC1. The molecule has 1 fully saturated rings. The van der Waals surface area contributed by atoms with Gasteiger partial charge in [0.15, 0.2) is 0 Å². The minimum atomic E-state index is -0.355. The quantitative estimate of drug-likeness (QED) is 0.688. The molecule has 0 heterocycles. The van der Waals surface area contributed by atoms with Crippen LogP contribution in [0.5, 0.6) is 0 Å². The number of likely N-dealkylation sites (N-methyl/N-ethyl adjacent to an activating group) is 1. The van der Waals surface area contributed by atoms with Gasteiger partial charge in [-0.15, -0.1) is 0 Å². The lowest BCUT2D eigenvalue weighted by molar-refractivity contribution is -0.131. The van der Waals surface area contributed by atoms with E-state index in [0.29, 0.717) is 0 Å². The number of aliphatic hydroxyl groups is 1. The molecule has 18 heavy (non-hydrogen) atoms. The van der Waals surface area contributed by atoms with Crippen molar-refractivity contribution < 1.29 is 14.7 Å². The highest BCUT2D eigenvalue weighted by Gasteiger charge is 2.21. The number of rotatable bonds is 3. The molecular formula is C13H20N2O3. The van der Waals surface area contributed by atoms with Crippen LogP contribution in [0.25, 0.3) is 0 Å². The fourth-order valence-corrected chi connectivity index (χ4v) is 1.98. The van der Waals surface area contributed by atoms with E-state index in [9.17, 15) is 14.7 Å². The van der Waals surface area contributed by atoms with Gasteiger partial charge in [0.25, 0.3) is 5.91 Å². The van der Waals surface area contributed by atoms with E-state index in [1.165, 1.54) is 4.90 Å². The summed E-state index contributed by atoms with van der Waals surface area (Å²) >= 11 is 0. The molecule has 0 radical (unpaired) electrons. The molecule has 0 aromatic rings. The molecule has 0 aromatic carbocycles. The molecule has 5 nitrogen and oxygen atoms in total. The highest BCUT2D eigenvalue weighted by molar-refractivity contribution is 5.95. The summed E-state index contributed by atoms with van der Waals surface area (Å²) in [7, 11) is 1.55. The van der Waals surface area contributed by atoms with Crippen molar-refractivity contribution in [1.29, 1.82) is 0 Å². The molecule has 2 N–H and O–H groups in total. The summed E-state index contributed by atoms with van der Waals surface area (Å²) in [5.74, 6) is 4.36. The maximum atomic E-state index is 11.7. The van der Waals surface area contributed by atoms with Crippen molar-refractivity contribution >= 4 is 11.8 Å². The van der Waals surface area contributed by atoms with Gasteiger partial charge in [-0.1, -0.05) is 5.92 Å². The van der Waals surface area contributed by atoms with Gasteiger partial charge in [0, 0.05) is 13.1 Å². The predicted molar refractivity (Wildman–Crippen MR) is 67.5 cm³/mol. The predicted octanol–water partition coefficient (Wildman–Crippen LogP) is -0.112. The normalized spacial score (nSPS) is 22.6. The van der Waals surface area contributed by atoms with Gasteiger partial charge in [-0.25, -0.2) is 0 Å². The highest BCUT2D eigenvalue weighted by atomic mass is 16.3. The minimum Gasteiger partial charge on any atom is -0.393 e. The summed E-state index contributed by atoms with van der Waals surface area (Å²) in [5.41, 5.74) is 0. The minimum absolute atomic E-state index is 0.0204. The van der Waals surface area contributed by atoms with Crippen molar-refractivity contribution in [2.75, 3.05) is 13.6 Å². The molecule has 0 aromatic heterocycles. The first-order valence-corrected chi connectivity index (χ1v) is 6.18. The molecular weight excluding hydrogens is 232 g/mol. The largest absolute Gasteiger partial charge is 0.393 e. The van der Waals surface area contributed by atoms with Crippen LogP contribution in [0, 0.1) is 11.8 Å². The third-order valence-corrected chi connectivity index (χ3v) is 3.02. The van der Waals surface area contributed by atoms with E-state index in [4.69, 9.17) is 0 Å². The van der Waals surface area contributed by atoms with E-state index in [0.717, 1.165) is 25.7 Å². The second-order valence-corrected chi connectivity index (χ2v) is 4.61. The zero-order valence-electron chi connectivity index (χ0n) is 10.9. The van der Waals surface area contributed by atoms with Gasteiger partial charge in [0.05, 0.1) is 6.10 Å². The number of nitrogens with one attached hydrogen (secondary N) is 1. The second-order valence-electron chi connectivity index (χ2n) is 4.61. The van der Waals surface area contributed by atoms with Crippen molar-refractivity contribution in [2.24, 2.45) is 0 Å². The van der Waals surface area contributed by atoms with Crippen LogP contribution in [-0.2, 0) is 9.59 Å². The molecule has 0 bridgehead atoms. The van der Waals surface area contributed by atoms with Crippen LogP contribution in [-0.4, -0.2) is 47.6 Å². The van der Waals surface area contributed by atoms with E-state index < -0.39 is 0 Å². The number of aliphatic hydroxyl groups excluding tert-OH is 1. The number of hydrogen-bond donors (Lipinski definition) is 2. The van der Waals surface area contributed by atoms with Crippen LogP contribution in [0.2, 0.25) is 0 Å². The molecule has 1 aliphatic rings. The van der Waals surface area contributed by atoms with Crippen LogP contribution in [0.1, 0.15) is 32.6 Å². The smallest absolute Gasteiger partial charge is 0.298 e. The van der Waals surface area contributed by atoms with Crippen LogP contribution in [0.3, 0.4) is 0 Å². The molecule has 0 saturated heterocycles. The van der Waals surface area contributed by atoms with Crippen LogP contribution < -0.4 is 5.32 Å². The highest BCUT2D eigenvalue weighted by Crippen LogP contribution is 2.18. The summed E-state index contributed by atoms with van der Waals surface area (Å²) < 4.78 is 0. The Bertz CT molecular complexity index is 362. The van der Waals surface area contributed by atoms with Crippen molar-refractivity contribution in [3.8, 4) is 11.8 Å². The molecule has 0 unspecified atom stereocenters. The molecule has 0 atom stereocenters. The Labute approximate surface area is 108 Å². The summed E-state index contributed by atoms with van der Waals surface area (Å²) in [6.45, 7) is 1.60. The molecule has 1 saturated carbocycles. The Balaban J connectivity index is 2.32. The van der Waals surface area contributed by atoms with E-state index in [-0.39, 0.29) is 30.5 Å². The maximum absolute atomic E-state index is 11.7. The Hall–Kier alpha value is -1.54. The van der Waals surface area contributed by atoms with Crippen LogP contribution in [0.4, 0.5) is 0 Å². The van der Waals surface area contributed by atoms with Gasteiger partial charge in [0.1, 0.15) is 6.54 Å². The third-order valence-electron chi connectivity index (χ3n) is 3.02. The molecule has 5 heteroatoms. The average Bonchev–Trinajstić information content (AvgIpc) is 2.32. The van der Waals surface area contributed by atoms with Gasteiger partial charge < -0.3 is 15.3 Å².